The number of hydrogen-bond donors (Lipinski definition) is 0. The quantitative estimate of drug-likeness (QED) is 0.0889. The first-order chi connectivity index (χ1) is 31.6. The summed E-state index contributed by atoms with van der Waals surface area (Å²) in [6.45, 7) is 0.955. The van der Waals surface area contributed by atoms with Crippen molar-refractivity contribution >= 4 is 55.3 Å². The van der Waals surface area contributed by atoms with Gasteiger partial charge in [0.1, 0.15) is 6.15 Å². The maximum atomic E-state index is 14.2. The smallest absolute Gasteiger partial charge is 0.194 e. The van der Waals surface area contributed by atoms with Crippen LogP contribution < -0.4 is 26.4 Å². The zero-order valence-corrected chi connectivity index (χ0v) is 36.0. The van der Waals surface area contributed by atoms with Crippen molar-refractivity contribution < 1.29 is 110 Å². The molecule has 70 heavy (non-hydrogen) atoms. The van der Waals surface area contributed by atoms with Crippen molar-refractivity contribution in [1.82, 2.24) is 0 Å². The minimum absolute atomic E-state index is 0.691. The minimum Gasteiger partial charge on any atom is -0.194 e. The number of hydrogen-bond acceptors (Lipinski definition) is 1. The standard InChI is InChI=1S/C32H12BF24.C10H9BrNS/c34-25(35,36)13-1-14(26(37,38)39)6-21(5-13)33(22-7-15(27(40,41)42)2-16(8-22)28(43,44)45,23-9-17(29(46,47)48)3-18(10-23)30(49,50)51)24-11-19(31(52,53)54)4-20(12-24)32(55,56)57;11-10-3-1-9(2-4-10)7-12-5-6-13-8-12/h1-12H;1-6,8H,7H2/q-1;+1. The molecular formula is C42H21BBrF24NS. The second-order valence-corrected chi connectivity index (χ2v) is 16.7. The first-order valence-electron chi connectivity index (χ1n) is 18.6. The molecule has 0 spiro atoms. The van der Waals surface area contributed by atoms with E-state index in [1.165, 1.54) is 5.56 Å². The summed E-state index contributed by atoms with van der Waals surface area (Å²) in [7, 11) is 0. The van der Waals surface area contributed by atoms with E-state index in [-0.39, 0.29) is 0 Å². The fourth-order valence-electron chi connectivity index (χ4n) is 7.22. The Bertz CT molecular complexity index is 2360. The summed E-state index contributed by atoms with van der Waals surface area (Å²) >= 11 is 5.13. The van der Waals surface area contributed by atoms with Crippen molar-refractivity contribution in [2.75, 3.05) is 0 Å². The van der Waals surface area contributed by atoms with E-state index in [1.807, 2.05) is 0 Å². The van der Waals surface area contributed by atoms with Crippen LogP contribution in [0.1, 0.15) is 50.1 Å². The van der Waals surface area contributed by atoms with Gasteiger partial charge in [0.25, 0.3) is 0 Å². The van der Waals surface area contributed by atoms with E-state index in [0.29, 0.717) is 0 Å². The molecule has 0 aliphatic rings. The Balaban J connectivity index is 0.000000600. The molecule has 0 radical (unpaired) electrons. The molecule has 0 saturated heterocycles. The predicted octanol–water partition coefficient (Wildman–Crippen LogP) is 14.1. The molecule has 378 valence electrons. The third-order valence-corrected chi connectivity index (χ3v) is 11.4. The Labute approximate surface area is 389 Å². The molecule has 1 heterocycles. The second kappa shape index (κ2) is 19.0. The molecule has 1 nitrogen and oxygen atoms in total. The number of nitrogens with zero attached hydrogens (tertiary/aromatic N) is 1. The van der Waals surface area contributed by atoms with Crippen molar-refractivity contribution in [3.63, 3.8) is 0 Å². The van der Waals surface area contributed by atoms with E-state index >= 15 is 0 Å². The molecule has 28 heteroatoms. The molecule has 0 unspecified atom stereocenters. The van der Waals surface area contributed by atoms with Crippen LogP contribution in [-0.2, 0) is 56.0 Å². The molecule has 0 bridgehead atoms. The lowest BCUT2D eigenvalue weighted by Crippen LogP contribution is -2.75. The average molecular weight is 1120 g/mol. The maximum Gasteiger partial charge on any atom is 0.416 e. The van der Waals surface area contributed by atoms with Gasteiger partial charge in [-0.3, -0.25) is 0 Å². The van der Waals surface area contributed by atoms with Crippen LogP contribution in [0.2, 0.25) is 0 Å². The SMILES string of the molecule is Brc1ccc(C[n+]2ccsc2)cc1.FC(F)(F)c1cc([B-](c2cc(C(F)(F)F)cc(C(F)(F)F)c2)(c2cc(C(F)(F)F)cc(C(F)(F)F)c2)c2cc(C(F)(F)F)cc(C(F)(F)F)c2)cc(C(F)(F)F)c1. The van der Waals surface area contributed by atoms with Crippen LogP contribution in [0, 0.1) is 0 Å². The van der Waals surface area contributed by atoms with Crippen LogP contribution in [0.15, 0.2) is 119 Å². The van der Waals surface area contributed by atoms with Gasteiger partial charge in [0, 0.05) is 10.0 Å². The Kier molecular flexibility index (Phi) is 15.0. The lowest BCUT2D eigenvalue weighted by molar-refractivity contribution is -0.683. The summed E-state index contributed by atoms with van der Waals surface area (Å²) in [6.07, 6.45) is -52.7. The highest BCUT2D eigenvalue weighted by Crippen LogP contribution is 2.41. The van der Waals surface area contributed by atoms with Gasteiger partial charge < -0.3 is 0 Å². The van der Waals surface area contributed by atoms with Gasteiger partial charge in [0.15, 0.2) is 12.7 Å². The van der Waals surface area contributed by atoms with Crippen LogP contribution >= 0.6 is 27.3 Å². The van der Waals surface area contributed by atoms with Crippen molar-refractivity contribution in [3.8, 4) is 0 Å². The van der Waals surface area contributed by atoms with Crippen molar-refractivity contribution in [2.45, 2.75) is 56.0 Å². The molecule has 0 aliphatic heterocycles. The molecule has 1 aromatic heterocycles. The highest BCUT2D eigenvalue weighted by molar-refractivity contribution is 9.10. The predicted molar refractivity (Wildman–Crippen MR) is 208 cm³/mol. The fraction of sp³-hybridized carbons (Fsp3) is 0.214. The maximum absolute atomic E-state index is 14.2. The van der Waals surface area contributed by atoms with Crippen molar-refractivity contribution in [1.29, 1.82) is 0 Å². The number of thiazole rings is 1. The normalized spacial score (nSPS) is 13.6. The first-order valence-corrected chi connectivity index (χ1v) is 20.4. The molecule has 5 aromatic carbocycles. The lowest BCUT2D eigenvalue weighted by Gasteiger charge is -2.46. The van der Waals surface area contributed by atoms with E-state index in [9.17, 15) is 105 Å². The topological polar surface area (TPSA) is 3.88 Å². The Morgan fingerprint density at radius 2 is 0.586 bits per heavy atom. The summed E-state index contributed by atoms with van der Waals surface area (Å²) in [5.74, 6) is 0. The zero-order chi connectivity index (χ0) is 53.0. The zero-order valence-electron chi connectivity index (χ0n) is 33.6. The van der Waals surface area contributed by atoms with Gasteiger partial charge in [0.05, 0.1) is 49.9 Å². The monoisotopic (exact) mass is 1120 g/mol. The highest BCUT2D eigenvalue weighted by Gasteiger charge is 2.47. The van der Waals surface area contributed by atoms with Crippen LogP contribution in [0.4, 0.5) is 105 Å². The molecule has 0 fully saturated rings. The van der Waals surface area contributed by atoms with Crippen LogP contribution in [0.3, 0.4) is 0 Å². The van der Waals surface area contributed by atoms with E-state index in [1.54, 1.807) is 11.3 Å². The van der Waals surface area contributed by atoms with Gasteiger partial charge in [-0.1, -0.05) is 87.9 Å². The molecule has 0 saturated carbocycles. The molecule has 6 aromatic rings. The Morgan fingerprint density at radius 1 is 0.357 bits per heavy atom. The third-order valence-electron chi connectivity index (χ3n) is 10.2. The van der Waals surface area contributed by atoms with Crippen molar-refractivity contribution in [3.05, 3.63) is 169 Å². The Morgan fingerprint density at radius 3 is 0.771 bits per heavy atom. The number of aromatic nitrogens is 1. The molecule has 0 aliphatic carbocycles. The van der Waals surface area contributed by atoms with E-state index < -0.39 is 195 Å². The van der Waals surface area contributed by atoms with Gasteiger partial charge in [0.2, 0.25) is 5.51 Å². The van der Waals surface area contributed by atoms with E-state index in [0.717, 1.165) is 11.0 Å². The molecule has 0 atom stereocenters. The summed E-state index contributed by atoms with van der Waals surface area (Å²) < 4.78 is 344. The van der Waals surface area contributed by atoms with Crippen LogP contribution in [-0.4, -0.2) is 6.15 Å². The second-order valence-electron chi connectivity index (χ2n) is 15.0. The minimum atomic E-state index is -6.13. The molecule has 0 N–H and O–H groups in total. The molecular weight excluding hydrogens is 1100 g/mol. The summed E-state index contributed by atoms with van der Waals surface area (Å²) in [6, 6.07) is -0.400. The van der Waals surface area contributed by atoms with Gasteiger partial charge in [-0.05, 0) is 36.4 Å². The number of rotatable bonds is 6. The van der Waals surface area contributed by atoms with E-state index in [2.05, 4.69) is 61.8 Å². The Hall–Kier alpha value is -5.41. The molecule has 6 rings (SSSR count). The summed E-state index contributed by atoms with van der Waals surface area (Å²) in [5.41, 5.74) is -26.8. The van der Waals surface area contributed by atoms with Crippen molar-refractivity contribution in [2.24, 2.45) is 0 Å². The first kappa shape index (κ1) is 55.5. The lowest BCUT2D eigenvalue weighted by atomic mass is 9.12. The van der Waals surface area contributed by atoms with Crippen LogP contribution in [0.25, 0.3) is 0 Å². The van der Waals surface area contributed by atoms with Crippen LogP contribution in [0.5, 0.6) is 0 Å². The fourth-order valence-corrected chi connectivity index (χ4v) is 8.09. The summed E-state index contributed by atoms with van der Waals surface area (Å²) in [4.78, 5) is 0. The number of halogens is 25. The van der Waals surface area contributed by atoms with Gasteiger partial charge in [-0.15, -0.1) is 0 Å². The van der Waals surface area contributed by atoms with Gasteiger partial charge in [-0.25, -0.2) is 0 Å². The summed E-state index contributed by atoms with van der Waals surface area (Å²) in [5, 5.41) is 2.08. The largest absolute Gasteiger partial charge is 0.416 e. The molecule has 0 amide bonds. The van der Waals surface area contributed by atoms with Gasteiger partial charge in [-0.2, -0.15) is 132 Å². The number of benzene rings is 5. The van der Waals surface area contributed by atoms with E-state index in [4.69, 9.17) is 0 Å². The third kappa shape index (κ3) is 12.9. The number of alkyl halides is 24. The highest BCUT2D eigenvalue weighted by atomic mass is 79.9. The average Bonchev–Trinajstić information content (AvgIpc) is 3.72. The van der Waals surface area contributed by atoms with Gasteiger partial charge >= 0.3 is 49.4 Å².